The van der Waals surface area contributed by atoms with Crippen molar-refractivity contribution < 1.29 is 9.59 Å². The Morgan fingerprint density at radius 3 is 2.42 bits per heavy atom. The van der Waals surface area contributed by atoms with Crippen LogP contribution in [0.4, 0.5) is 0 Å². The Hall–Kier alpha value is -2.27. The number of hydrogen-bond acceptors (Lipinski definition) is 3. The molecule has 1 N–H and O–H groups in total. The monoisotopic (exact) mass is 438 g/mol. The third-order valence-electron chi connectivity index (χ3n) is 6.09. The van der Waals surface area contributed by atoms with E-state index in [2.05, 4.69) is 36.5 Å². The molecule has 166 valence electrons. The predicted octanol–water partition coefficient (Wildman–Crippen LogP) is 5.01. The topological polar surface area (TPSA) is 49.4 Å². The van der Waals surface area contributed by atoms with E-state index >= 15 is 0 Å². The highest BCUT2D eigenvalue weighted by atomic mass is 32.2. The van der Waals surface area contributed by atoms with E-state index in [1.54, 1.807) is 16.7 Å². The second-order valence-corrected chi connectivity index (χ2v) is 9.58. The molecule has 0 radical (unpaired) electrons. The van der Waals surface area contributed by atoms with Crippen LogP contribution in [0.1, 0.15) is 54.9 Å². The maximum Gasteiger partial charge on any atom is 0.242 e. The average Bonchev–Trinajstić information content (AvgIpc) is 3.27. The van der Waals surface area contributed by atoms with Crippen LogP contribution in [0.2, 0.25) is 0 Å². The van der Waals surface area contributed by atoms with Gasteiger partial charge in [0, 0.05) is 18.3 Å². The van der Waals surface area contributed by atoms with Crippen molar-refractivity contribution in [2.45, 2.75) is 70.8 Å². The first-order valence-electron chi connectivity index (χ1n) is 11.2. The molecular formula is C26H34N2O2S. The molecule has 0 aliphatic heterocycles. The molecular weight excluding hydrogens is 404 g/mol. The van der Waals surface area contributed by atoms with Gasteiger partial charge < -0.3 is 10.2 Å². The van der Waals surface area contributed by atoms with Crippen LogP contribution < -0.4 is 5.32 Å². The zero-order valence-electron chi connectivity index (χ0n) is 18.9. The van der Waals surface area contributed by atoms with Crippen molar-refractivity contribution in [1.29, 1.82) is 0 Å². The van der Waals surface area contributed by atoms with Gasteiger partial charge in [0.05, 0.1) is 5.75 Å². The van der Waals surface area contributed by atoms with Crippen molar-refractivity contribution in [3.8, 4) is 0 Å². The van der Waals surface area contributed by atoms with Gasteiger partial charge in [-0.25, -0.2) is 0 Å². The number of nitrogens with zero attached hydrogens (tertiary/aromatic N) is 1. The van der Waals surface area contributed by atoms with Crippen LogP contribution >= 0.6 is 11.8 Å². The summed E-state index contributed by atoms with van der Waals surface area (Å²) in [4.78, 5) is 27.9. The van der Waals surface area contributed by atoms with E-state index in [0.29, 0.717) is 12.3 Å². The van der Waals surface area contributed by atoms with Crippen LogP contribution in [0.3, 0.4) is 0 Å². The fourth-order valence-corrected chi connectivity index (χ4v) is 4.84. The molecule has 5 heteroatoms. The fourth-order valence-electron chi connectivity index (χ4n) is 3.97. The first-order chi connectivity index (χ1) is 14.9. The largest absolute Gasteiger partial charge is 0.352 e. The molecule has 0 spiro atoms. The maximum atomic E-state index is 13.2. The second-order valence-electron chi connectivity index (χ2n) is 8.59. The van der Waals surface area contributed by atoms with Gasteiger partial charge >= 0.3 is 0 Å². The van der Waals surface area contributed by atoms with Gasteiger partial charge in [0.2, 0.25) is 11.8 Å². The highest BCUT2D eigenvalue weighted by Crippen LogP contribution is 2.20. The summed E-state index contributed by atoms with van der Waals surface area (Å²) in [5, 5.41) is 3.16. The van der Waals surface area contributed by atoms with E-state index < -0.39 is 6.04 Å². The first kappa shape index (κ1) is 23.4. The van der Waals surface area contributed by atoms with Crippen LogP contribution in [0, 0.1) is 13.8 Å². The summed E-state index contributed by atoms with van der Waals surface area (Å²) in [6.07, 6.45) is 4.41. The van der Waals surface area contributed by atoms with Gasteiger partial charge in [-0.15, -0.1) is 11.8 Å². The van der Waals surface area contributed by atoms with Gasteiger partial charge in [-0.3, -0.25) is 9.59 Å². The maximum absolute atomic E-state index is 13.2. The van der Waals surface area contributed by atoms with Crippen LogP contribution in [-0.4, -0.2) is 34.6 Å². The molecule has 0 heterocycles. The summed E-state index contributed by atoms with van der Waals surface area (Å²) in [6, 6.07) is 16.2. The Labute approximate surface area is 190 Å². The Kier molecular flexibility index (Phi) is 8.59. The number of benzene rings is 2. The van der Waals surface area contributed by atoms with Crippen LogP contribution in [-0.2, 0) is 21.9 Å². The van der Waals surface area contributed by atoms with Gasteiger partial charge in [-0.1, -0.05) is 66.9 Å². The van der Waals surface area contributed by atoms with E-state index in [1.165, 1.54) is 24.0 Å². The Balaban J connectivity index is 1.66. The van der Waals surface area contributed by atoms with E-state index in [0.717, 1.165) is 29.7 Å². The van der Waals surface area contributed by atoms with Crippen molar-refractivity contribution in [2.75, 3.05) is 5.75 Å². The molecule has 31 heavy (non-hydrogen) atoms. The summed E-state index contributed by atoms with van der Waals surface area (Å²) < 4.78 is 0. The molecule has 1 saturated carbocycles. The normalized spacial score (nSPS) is 14.9. The predicted molar refractivity (Wildman–Crippen MR) is 129 cm³/mol. The number of amides is 2. The number of thioether (sulfide) groups is 1. The molecule has 1 atom stereocenters. The van der Waals surface area contributed by atoms with Crippen molar-refractivity contribution >= 4 is 23.6 Å². The molecule has 0 aromatic heterocycles. The van der Waals surface area contributed by atoms with Crippen LogP contribution in [0.15, 0.2) is 48.5 Å². The summed E-state index contributed by atoms with van der Waals surface area (Å²) in [5.41, 5.74) is 4.66. The van der Waals surface area contributed by atoms with Gasteiger partial charge in [0.1, 0.15) is 6.04 Å². The lowest BCUT2D eigenvalue weighted by atomic mass is 10.1. The lowest BCUT2D eigenvalue weighted by molar-refractivity contribution is -0.139. The molecule has 0 saturated heterocycles. The Morgan fingerprint density at radius 2 is 1.74 bits per heavy atom. The standard InChI is InChI=1S/C26H34N2O2S/c1-19-12-14-22(15-13-19)17-31-18-25(29)28(16-23-9-5-4-8-20(23)2)21(3)26(30)27-24-10-6-7-11-24/h4-5,8-9,12-15,21,24H,6-7,10-11,16-18H2,1-3H3,(H,27,30)/t21-/m1/s1. The summed E-state index contributed by atoms with van der Waals surface area (Å²) in [7, 11) is 0. The molecule has 2 aromatic rings. The molecule has 1 aliphatic rings. The van der Waals surface area contributed by atoms with Crippen molar-refractivity contribution in [3.05, 3.63) is 70.8 Å². The Bertz CT molecular complexity index is 875. The quantitative estimate of drug-likeness (QED) is 0.598. The highest BCUT2D eigenvalue weighted by molar-refractivity contribution is 7.99. The smallest absolute Gasteiger partial charge is 0.242 e. The number of nitrogens with one attached hydrogen (secondary N) is 1. The number of carbonyl (C=O) groups excluding carboxylic acids is 2. The molecule has 4 nitrogen and oxygen atoms in total. The minimum atomic E-state index is -0.493. The van der Waals surface area contributed by atoms with Gasteiger partial charge in [-0.05, 0) is 50.3 Å². The first-order valence-corrected chi connectivity index (χ1v) is 12.4. The van der Waals surface area contributed by atoms with E-state index in [9.17, 15) is 9.59 Å². The van der Waals surface area contributed by atoms with Crippen LogP contribution in [0.5, 0.6) is 0 Å². The summed E-state index contributed by atoms with van der Waals surface area (Å²) >= 11 is 1.60. The van der Waals surface area contributed by atoms with Crippen LogP contribution in [0.25, 0.3) is 0 Å². The van der Waals surface area contributed by atoms with Gasteiger partial charge in [0.25, 0.3) is 0 Å². The average molecular weight is 439 g/mol. The van der Waals surface area contributed by atoms with Crippen molar-refractivity contribution in [2.24, 2.45) is 0 Å². The summed E-state index contributed by atoms with van der Waals surface area (Å²) in [6.45, 7) is 6.43. The molecule has 3 rings (SSSR count). The zero-order chi connectivity index (χ0) is 22.2. The molecule has 2 amide bonds. The molecule has 0 unspecified atom stereocenters. The van der Waals surface area contributed by atoms with Gasteiger partial charge in [-0.2, -0.15) is 0 Å². The fraction of sp³-hybridized carbons (Fsp3) is 0.462. The number of hydrogen-bond donors (Lipinski definition) is 1. The van der Waals surface area contributed by atoms with E-state index in [1.807, 2.05) is 38.1 Å². The number of rotatable bonds is 9. The SMILES string of the molecule is Cc1ccc(CSCC(=O)N(Cc2ccccc2C)[C@H](C)C(=O)NC2CCCC2)cc1. The number of carbonyl (C=O) groups is 2. The Morgan fingerprint density at radius 1 is 1.06 bits per heavy atom. The number of aryl methyl sites for hydroxylation is 2. The van der Waals surface area contributed by atoms with Crippen molar-refractivity contribution in [3.63, 3.8) is 0 Å². The van der Waals surface area contributed by atoms with Gasteiger partial charge in [0.15, 0.2) is 0 Å². The summed E-state index contributed by atoms with van der Waals surface area (Å²) in [5.74, 6) is 1.11. The molecule has 1 aliphatic carbocycles. The van der Waals surface area contributed by atoms with E-state index in [-0.39, 0.29) is 17.9 Å². The minimum absolute atomic E-state index is 0.00874. The third-order valence-corrected chi connectivity index (χ3v) is 7.07. The molecule has 2 aromatic carbocycles. The molecule has 1 fully saturated rings. The van der Waals surface area contributed by atoms with E-state index in [4.69, 9.17) is 0 Å². The van der Waals surface area contributed by atoms with Crippen molar-refractivity contribution in [1.82, 2.24) is 10.2 Å². The third kappa shape index (κ3) is 6.86. The minimum Gasteiger partial charge on any atom is -0.352 e. The molecule has 0 bridgehead atoms. The second kappa shape index (κ2) is 11.4. The zero-order valence-corrected chi connectivity index (χ0v) is 19.7. The highest BCUT2D eigenvalue weighted by Gasteiger charge is 2.28. The lowest BCUT2D eigenvalue weighted by Crippen LogP contribution is -2.50. The lowest BCUT2D eigenvalue weighted by Gasteiger charge is -2.30.